The van der Waals surface area contributed by atoms with Crippen molar-refractivity contribution in [2.45, 2.75) is 26.3 Å². The maximum atomic E-state index is 12.8. The Morgan fingerprint density at radius 2 is 2.00 bits per heavy atom. The van der Waals surface area contributed by atoms with E-state index in [0.29, 0.717) is 17.9 Å². The van der Waals surface area contributed by atoms with E-state index in [1.54, 1.807) is 48.5 Å². The zero-order valence-electron chi connectivity index (χ0n) is 16.5. The number of hydrogen-bond acceptors (Lipinski definition) is 5. The molecule has 8 nitrogen and oxygen atoms in total. The summed E-state index contributed by atoms with van der Waals surface area (Å²) in [5, 5.41) is 10.5. The Labute approximate surface area is 164 Å². The van der Waals surface area contributed by atoms with Crippen molar-refractivity contribution in [3.8, 4) is 11.4 Å². The van der Waals surface area contributed by atoms with E-state index in [1.807, 2.05) is 38.1 Å². The second kappa shape index (κ2) is 8.51. The fourth-order valence-corrected chi connectivity index (χ4v) is 2.84. The van der Waals surface area contributed by atoms with E-state index in [-0.39, 0.29) is 12.1 Å². The molecule has 2 aromatic heterocycles. The highest BCUT2D eigenvalue weighted by molar-refractivity contribution is 5.91. The van der Waals surface area contributed by atoms with Crippen LogP contribution in [0, 0.1) is 6.92 Å². The van der Waals surface area contributed by atoms with Gasteiger partial charge in [0.25, 0.3) is 0 Å². The largest absolute Gasteiger partial charge is 0.495 e. The molecular formula is C20H24N6O2. The van der Waals surface area contributed by atoms with E-state index in [4.69, 9.17) is 4.74 Å². The van der Waals surface area contributed by atoms with Gasteiger partial charge in [0.2, 0.25) is 0 Å². The molecule has 0 unspecified atom stereocenters. The monoisotopic (exact) mass is 380 g/mol. The van der Waals surface area contributed by atoms with E-state index in [0.717, 1.165) is 16.9 Å². The summed E-state index contributed by atoms with van der Waals surface area (Å²) in [5.41, 5.74) is 3.51. The normalized spacial score (nSPS) is 11.7. The Morgan fingerprint density at radius 3 is 2.68 bits per heavy atom. The Kier molecular flexibility index (Phi) is 5.88. The molecule has 0 radical (unpaired) electrons. The van der Waals surface area contributed by atoms with Gasteiger partial charge in [0.05, 0.1) is 18.5 Å². The summed E-state index contributed by atoms with van der Waals surface area (Å²) in [6.45, 7) is 4.02. The molecule has 0 saturated carbocycles. The number of carbonyl (C=O) groups excluding carboxylic acids is 1. The molecule has 0 aliphatic heterocycles. The molecule has 0 aliphatic carbocycles. The molecule has 0 spiro atoms. The van der Waals surface area contributed by atoms with Crippen LogP contribution in [0.1, 0.15) is 18.2 Å². The first-order valence-corrected chi connectivity index (χ1v) is 8.96. The van der Waals surface area contributed by atoms with Gasteiger partial charge in [0.1, 0.15) is 18.4 Å². The molecule has 3 aromatic rings. The van der Waals surface area contributed by atoms with Gasteiger partial charge in [-0.05, 0) is 49.7 Å². The number of rotatable bonds is 6. The van der Waals surface area contributed by atoms with Crippen molar-refractivity contribution >= 4 is 11.7 Å². The number of nitrogens with one attached hydrogen (secondary N) is 1. The number of anilines is 1. The van der Waals surface area contributed by atoms with Crippen molar-refractivity contribution in [3.05, 3.63) is 60.4 Å². The third-order valence-corrected chi connectivity index (χ3v) is 4.60. The maximum absolute atomic E-state index is 12.8. The number of methoxy groups -OCH3 is 1. The second-order valence-corrected chi connectivity index (χ2v) is 6.67. The van der Waals surface area contributed by atoms with Gasteiger partial charge in [0.15, 0.2) is 0 Å². The summed E-state index contributed by atoms with van der Waals surface area (Å²) in [5.74, 6) is 0.576. The lowest BCUT2D eigenvalue weighted by Gasteiger charge is -2.25. The minimum absolute atomic E-state index is 0.0265. The fraction of sp³-hybridized carbons (Fsp3) is 0.300. The number of nitrogens with zero attached hydrogens (tertiary/aromatic N) is 5. The highest BCUT2D eigenvalue weighted by Gasteiger charge is 2.18. The lowest BCUT2D eigenvalue weighted by molar-refractivity contribution is 0.207. The summed E-state index contributed by atoms with van der Waals surface area (Å²) in [4.78, 5) is 18.8. The van der Waals surface area contributed by atoms with Crippen molar-refractivity contribution in [1.29, 1.82) is 0 Å². The highest BCUT2D eigenvalue weighted by Crippen LogP contribution is 2.27. The average molecular weight is 380 g/mol. The molecule has 0 fully saturated rings. The van der Waals surface area contributed by atoms with Gasteiger partial charge >= 0.3 is 6.03 Å². The molecule has 28 heavy (non-hydrogen) atoms. The molecule has 0 bridgehead atoms. The van der Waals surface area contributed by atoms with Crippen LogP contribution in [0.3, 0.4) is 0 Å². The van der Waals surface area contributed by atoms with E-state index in [1.165, 1.54) is 0 Å². The lowest BCUT2D eigenvalue weighted by Crippen LogP contribution is -2.39. The van der Waals surface area contributed by atoms with Crippen LogP contribution in [-0.4, -0.2) is 50.9 Å². The van der Waals surface area contributed by atoms with Crippen molar-refractivity contribution in [1.82, 2.24) is 24.6 Å². The lowest BCUT2D eigenvalue weighted by atomic mass is 10.1. The number of ether oxygens (including phenoxy) is 1. The van der Waals surface area contributed by atoms with Crippen molar-refractivity contribution in [2.75, 3.05) is 19.5 Å². The predicted octanol–water partition coefficient (Wildman–Crippen LogP) is 3.07. The van der Waals surface area contributed by atoms with Gasteiger partial charge < -0.3 is 15.0 Å². The van der Waals surface area contributed by atoms with Crippen LogP contribution in [0.25, 0.3) is 5.69 Å². The zero-order valence-corrected chi connectivity index (χ0v) is 16.5. The quantitative estimate of drug-likeness (QED) is 0.710. The predicted molar refractivity (Wildman–Crippen MR) is 107 cm³/mol. The van der Waals surface area contributed by atoms with E-state index in [2.05, 4.69) is 20.5 Å². The van der Waals surface area contributed by atoms with Gasteiger partial charge in [0, 0.05) is 31.4 Å². The number of pyridine rings is 1. The van der Waals surface area contributed by atoms with Crippen molar-refractivity contribution in [2.24, 2.45) is 0 Å². The summed E-state index contributed by atoms with van der Waals surface area (Å²) in [6, 6.07) is 9.23. The third-order valence-electron chi connectivity index (χ3n) is 4.60. The Balaban J connectivity index is 1.73. The number of benzene rings is 1. The molecule has 0 saturated heterocycles. The SMILES string of the molecule is COc1ccc(-n2cnnc2)cc1NC(=O)N(C)[C@H](C)Cc1cc(C)ccn1. The molecule has 0 aliphatic rings. The molecular weight excluding hydrogens is 356 g/mol. The minimum Gasteiger partial charge on any atom is -0.495 e. The Morgan fingerprint density at radius 1 is 1.25 bits per heavy atom. The molecule has 1 N–H and O–H groups in total. The number of likely N-dealkylation sites (N-methyl/N-ethyl adjacent to an activating group) is 1. The minimum atomic E-state index is -0.223. The molecule has 146 valence electrons. The van der Waals surface area contributed by atoms with E-state index >= 15 is 0 Å². The topological polar surface area (TPSA) is 85.2 Å². The van der Waals surface area contributed by atoms with Gasteiger partial charge in [-0.1, -0.05) is 0 Å². The summed E-state index contributed by atoms with van der Waals surface area (Å²) < 4.78 is 7.14. The molecule has 2 heterocycles. The Hall–Kier alpha value is -3.42. The first kappa shape index (κ1) is 19.3. The fourth-order valence-electron chi connectivity index (χ4n) is 2.84. The number of aromatic nitrogens is 4. The van der Waals surface area contributed by atoms with Gasteiger partial charge in [-0.25, -0.2) is 4.79 Å². The number of aryl methyl sites for hydroxylation is 1. The Bertz CT molecular complexity index is 942. The smallest absolute Gasteiger partial charge is 0.321 e. The molecule has 3 rings (SSSR count). The van der Waals surface area contributed by atoms with Crippen LogP contribution in [0.2, 0.25) is 0 Å². The van der Waals surface area contributed by atoms with Crippen molar-refractivity contribution in [3.63, 3.8) is 0 Å². The van der Waals surface area contributed by atoms with Crippen LogP contribution in [0.4, 0.5) is 10.5 Å². The average Bonchev–Trinajstić information content (AvgIpc) is 3.22. The number of amides is 2. The van der Waals surface area contributed by atoms with Crippen LogP contribution in [0.5, 0.6) is 5.75 Å². The highest BCUT2D eigenvalue weighted by atomic mass is 16.5. The number of carbonyl (C=O) groups is 1. The van der Waals surface area contributed by atoms with Crippen LogP contribution < -0.4 is 10.1 Å². The van der Waals surface area contributed by atoms with Crippen LogP contribution >= 0.6 is 0 Å². The van der Waals surface area contributed by atoms with E-state index < -0.39 is 0 Å². The number of hydrogen-bond donors (Lipinski definition) is 1. The zero-order chi connectivity index (χ0) is 20.1. The standard InChI is InChI=1S/C20H24N6O2/c1-14-7-8-21-16(9-14)10-15(2)25(3)20(27)24-18-11-17(5-6-19(18)28-4)26-12-22-23-13-26/h5-9,11-13,15H,10H2,1-4H3,(H,24,27)/t15-/m1/s1. The summed E-state index contributed by atoms with van der Waals surface area (Å²) in [6.07, 6.45) is 5.65. The summed E-state index contributed by atoms with van der Waals surface area (Å²) >= 11 is 0. The van der Waals surface area contributed by atoms with Crippen molar-refractivity contribution < 1.29 is 9.53 Å². The molecule has 1 aromatic carbocycles. The summed E-state index contributed by atoms with van der Waals surface area (Å²) in [7, 11) is 3.34. The van der Waals surface area contributed by atoms with E-state index in [9.17, 15) is 4.79 Å². The molecule has 2 amide bonds. The maximum Gasteiger partial charge on any atom is 0.321 e. The molecule has 8 heteroatoms. The number of urea groups is 1. The molecule has 1 atom stereocenters. The van der Waals surface area contributed by atoms with Crippen LogP contribution in [0.15, 0.2) is 49.2 Å². The third kappa shape index (κ3) is 4.46. The first-order chi connectivity index (χ1) is 13.5. The first-order valence-electron chi connectivity index (χ1n) is 8.96. The van der Waals surface area contributed by atoms with Gasteiger partial charge in [-0.15, -0.1) is 10.2 Å². The van der Waals surface area contributed by atoms with Gasteiger partial charge in [-0.2, -0.15) is 0 Å². The second-order valence-electron chi connectivity index (χ2n) is 6.67. The van der Waals surface area contributed by atoms with Crippen LogP contribution in [-0.2, 0) is 6.42 Å². The van der Waals surface area contributed by atoms with Gasteiger partial charge in [-0.3, -0.25) is 9.55 Å².